The number of rotatable bonds is 8. The third kappa shape index (κ3) is 6.90. The van der Waals surface area contributed by atoms with Gasteiger partial charge in [0.15, 0.2) is 0 Å². The molecule has 0 aliphatic carbocycles. The lowest BCUT2D eigenvalue weighted by atomic mass is 10.1. The number of alkyl carbamates (subject to hydrolysis) is 1. The van der Waals surface area contributed by atoms with Crippen molar-refractivity contribution in [1.82, 2.24) is 15.1 Å². The Kier molecular flexibility index (Phi) is 8.61. The number of carbonyl (C=O) groups excluding carboxylic acids is 3. The summed E-state index contributed by atoms with van der Waals surface area (Å²) in [7, 11) is 0. The smallest absolute Gasteiger partial charge is 0.414 e. The van der Waals surface area contributed by atoms with Crippen LogP contribution in [0.1, 0.15) is 19.4 Å². The number of amidine groups is 1. The summed E-state index contributed by atoms with van der Waals surface area (Å²) in [5, 5.41) is 10.3. The fraction of sp³-hybridized carbons (Fsp3) is 0.545. The number of carbonyl (C=O) groups is 3. The molecule has 2 aliphatic rings. The van der Waals surface area contributed by atoms with Crippen molar-refractivity contribution in [1.29, 1.82) is 5.41 Å². The third-order valence-corrected chi connectivity index (χ3v) is 5.43. The maximum Gasteiger partial charge on any atom is 0.414 e. The third-order valence-electron chi connectivity index (χ3n) is 5.43. The van der Waals surface area contributed by atoms with Crippen LogP contribution in [0.2, 0.25) is 0 Å². The number of hydrogen-bond acceptors (Lipinski definition) is 9. The van der Waals surface area contributed by atoms with Gasteiger partial charge in [-0.15, -0.1) is 0 Å². The van der Waals surface area contributed by atoms with Gasteiger partial charge in [0.2, 0.25) is 0 Å². The zero-order chi connectivity index (χ0) is 23.8. The van der Waals surface area contributed by atoms with Crippen molar-refractivity contribution >= 4 is 29.7 Å². The summed E-state index contributed by atoms with van der Waals surface area (Å²) in [6, 6.07) is 6.75. The second kappa shape index (κ2) is 11.6. The highest BCUT2D eigenvalue weighted by Crippen LogP contribution is 2.23. The van der Waals surface area contributed by atoms with Gasteiger partial charge in [0.25, 0.3) is 0 Å². The molecule has 0 aromatic heterocycles. The van der Waals surface area contributed by atoms with Crippen molar-refractivity contribution in [2.75, 3.05) is 63.9 Å². The van der Waals surface area contributed by atoms with Gasteiger partial charge < -0.3 is 14.2 Å². The number of nitrogens with zero attached hydrogens (tertiary/aromatic N) is 3. The van der Waals surface area contributed by atoms with Crippen molar-refractivity contribution in [3.8, 4) is 0 Å². The maximum absolute atomic E-state index is 12.4. The van der Waals surface area contributed by atoms with E-state index in [0.29, 0.717) is 37.5 Å². The minimum absolute atomic E-state index is 0.0797. The normalized spacial score (nSPS) is 19.2. The SMILES string of the molecule is CCOC(=O)CN1CCN(C[C@H]2CN(c3ccc(C(=N)NC(=O)OCC)cc3)C(=O)O2)CC1. The zero-order valence-electron chi connectivity index (χ0n) is 19.0. The average molecular weight is 462 g/mol. The van der Waals surface area contributed by atoms with E-state index in [0.717, 1.165) is 26.2 Å². The van der Waals surface area contributed by atoms with Crippen LogP contribution in [0, 0.1) is 5.41 Å². The van der Waals surface area contributed by atoms with Gasteiger partial charge in [-0.25, -0.2) is 9.59 Å². The minimum Gasteiger partial charge on any atom is -0.465 e. The Morgan fingerprint density at radius 2 is 1.70 bits per heavy atom. The molecule has 180 valence electrons. The summed E-state index contributed by atoms with van der Waals surface area (Å²) in [6.45, 7) is 8.55. The van der Waals surface area contributed by atoms with Gasteiger partial charge in [0.1, 0.15) is 11.9 Å². The lowest BCUT2D eigenvalue weighted by Crippen LogP contribution is -2.50. The van der Waals surface area contributed by atoms with Crippen LogP contribution in [0.15, 0.2) is 24.3 Å². The van der Waals surface area contributed by atoms with Gasteiger partial charge in [-0.2, -0.15) is 0 Å². The Bertz CT molecular complexity index is 853. The summed E-state index contributed by atoms with van der Waals surface area (Å²) in [6.07, 6.45) is -1.34. The zero-order valence-corrected chi connectivity index (χ0v) is 19.0. The second-order valence-electron chi connectivity index (χ2n) is 7.77. The first-order valence-corrected chi connectivity index (χ1v) is 11.1. The van der Waals surface area contributed by atoms with E-state index < -0.39 is 12.2 Å². The largest absolute Gasteiger partial charge is 0.465 e. The molecular weight excluding hydrogens is 430 g/mol. The molecule has 3 rings (SSSR count). The molecule has 0 bridgehead atoms. The molecule has 2 amide bonds. The van der Waals surface area contributed by atoms with Gasteiger partial charge in [-0.1, -0.05) is 0 Å². The van der Waals surface area contributed by atoms with Crippen LogP contribution in [-0.2, 0) is 19.0 Å². The molecule has 0 unspecified atom stereocenters. The van der Waals surface area contributed by atoms with E-state index in [9.17, 15) is 14.4 Å². The van der Waals surface area contributed by atoms with Crippen molar-refractivity contribution in [2.45, 2.75) is 20.0 Å². The molecule has 1 aromatic carbocycles. The molecule has 2 fully saturated rings. The molecule has 1 atom stereocenters. The molecule has 0 saturated carbocycles. The van der Waals surface area contributed by atoms with Gasteiger partial charge in [0, 0.05) is 44.0 Å². The van der Waals surface area contributed by atoms with E-state index in [4.69, 9.17) is 19.6 Å². The number of cyclic esters (lactones) is 1. The van der Waals surface area contributed by atoms with Crippen LogP contribution in [-0.4, -0.2) is 98.9 Å². The van der Waals surface area contributed by atoms with Gasteiger partial charge in [0.05, 0.1) is 26.3 Å². The Balaban J connectivity index is 1.47. The first-order valence-electron chi connectivity index (χ1n) is 11.1. The molecule has 11 heteroatoms. The van der Waals surface area contributed by atoms with Crippen molar-refractivity contribution in [3.63, 3.8) is 0 Å². The topological polar surface area (TPSA) is 125 Å². The van der Waals surface area contributed by atoms with Crippen LogP contribution in [0.5, 0.6) is 0 Å². The van der Waals surface area contributed by atoms with E-state index in [1.54, 1.807) is 43.0 Å². The standard InChI is InChI=1S/C22H31N5O6/c1-3-31-19(28)15-26-11-9-25(10-12-26)13-18-14-27(22(30)33-18)17-7-5-16(6-8-17)20(23)24-21(29)32-4-2/h5-8,18H,3-4,9-15H2,1-2H3,(H2,23,24,29)/t18-/m0/s1. The van der Waals surface area contributed by atoms with Crippen molar-refractivity contribution < 1.29 is 28.6 Å². The summed E-state index contributed by atoms with van der Waals surface area (Å²) in [5.74, 6) is -0.284. The molecule has 11 nitrogen and oxygen atoms in total. The molecule has 2 N–H and O–H groups in total. The van der Waals surface area contributed by atoms with Crippen molar-refractivity contribution in [3.05, 3.63) is 29.8 Å². The first kappa shape index (κ1) is 24.5. The Hall–Kier alpha value is -3.18. The molecule has 0 spiro atoms. The van der Waals surface area contributed by atoms with Gasteiger partial charge in [-0.3, -0.25) is 30.2 Å². The maximum atomic E-state index is 12.4. The molecule has 2 aliphatic heterocycles. The predicted octanol–water partition coefficient (Wildman–Crippen LogP) is 1.26. The summed E-state index contributed by atoms with van der Waals surface area (Å²) >= 11 is 0. The highest BCUT2D eigenvalue weighted by Gasteiger charge is 2.34. The lowest BCUT2D eigenvalue weighted by molar-refractivity contribution is -0.144. The first-order chi connectivity index (χ1) is 15.9. The fourth-order valence-corrected chi connectivity index (χ4v) is 3.78. The Morgan fingerprint density at radius 3 is 2.33 bits per heavy atom. The number of ether oxygens (including phenoxy) is 3. The second-order valence-corrected chi connectivity index (χ2v) is 7.77. The number of amides is 2. The highest BCUT2D eigenvalue weighted by molar-refractivity contribution is 6.04. The number of benzene rings is 1. The number of nitrogens with one attached hydrogen (secondary N) is 2. The van der Waals surface area contributed by atoms with Gasteiger partial charge in [-0.05, 0) is 38.1 Å². The van der Waals surface area contributed by atoms with E-state index in [2.05, 4.69) is 15.1 Å². The van der Waals surface area contributed by atoms with E-state index >= 15 is 0 Å². The minimum atomic E-state index is -0.681. The highest BCUT2D eigenvalue weighted by atomic mass is 16.6. The van der Waals surface area contributed by atoms with Crippen LogP contribution in [0.3, 0.4) is 0 Å². The van der Waals surface area contributed by atoms with E-state index in [1.807, 2.05) is 0 Å². The molecular formula is C22H31N5O6. The van der Waals surface area contributed by atoms with Crippen molar-refractivity contribution in [2.24, 2.45) is 0 Å². The number of hydrogen-bond donors (Lipinski definition) is 2. The van der Waals surface area contributed by atoms with Crippen LogP contribution >= 0.6 is 0 Å². The van der Waals surface area contributed by atoms with Crippen LogP contribution < -0.4 is 10.2 Å². The molecule has 0 radical (unpaired) electrons. The Morgan fingerprint density at radius 1 is 1.06 bits per heavy atom. The number of esters is 1. The summed E-state index contributed by atoms with van der Waals surface area (Å²) < 4.78 is 15.3. The van der Waals surface area contributed by atoms with Crippen LogP contribution in [0.4, 0.5) is 15.3 Å². The molecule has 2 saturated heterocycles. The molecule has 33 heavy (non-hydrogen) atoms. The van der Waals surface area contributed by atoms with E-state index in [1.165, 1.54) is 0 Å². The molecule has 2 heterocycles. The predicted molar refractivity (Wildman–Crippen MR) is 121 cm³/mol. The number of anilines is 1. The quantitative estimate of drug-likeness (QED) is 0.257. The fourth-order valence-electron chi connectivity index (χ4n) is 3.78. The summed E-state index contributed by atoms with van der Waals surface area (Å²) in [5.41, 5.74) is 1.16. The monoisotopic (exact) mass is 461 g/mol. The average Bonchev–Trinajstić information content (AvgIpc) is 3.15. The summed E-state index contributed by atoms with van der Waals surface area (Å²) in [4.78, 5) is 41.4. The van der Waals surface area contributed by atoms with Crippen LogP contribution in [0.25, 0.3) is 0 Å². The lowest BCUT2D eigenvalue weighted by Gasteiger charge is -2.34. The number of piperazine rings is 1. The Labute approximate surface area is 193 Å². The van der Waals surface area contributed by atoms with E-state index in [-0.39, 0.29) is 24.5 Å². The van der Waals surface area contributed by atoms with Gasteiger partial charge >= 0.3 is 18.2 Å². The molecule has 1 aromatic rings.